The van der Waals surface area contributed by atoms with Crippen LogP contribution in [0.2, 0.25) is 5.02 Å². The van der Waals surface area contributed by atoms with Crippen LogP contribution >= 0.6 is 11.6 Å². The summed E-state index contributed by atoms with van der Waals surface area (Å²) in [7, 11) is 1.60. The number of benzene rings is 3. The Labute approximate surface area is 203 Å². The van der Waals surface area contributed by atoms with Crippen molar-refractivity contribution in [2.24, 2.45) is 0 Å². The lowest BCUT2D eigenvalue weighted by atomic mass is 10.0. The molecule has 4 rings (SSSR count). The molecular formula is C28H24ClN3O2. The van der Waals surface area contributed by atoms with Crippen LogP contribution in [0.25, 0.3) is 22.7 Å². The zero-order chi connectivity index (χ0) is 24.1. The Morgan fingerprint density at radius 3 is 2.68 bits per heavy atom. The molecule has 0 saturated carbocycles. The monoisotopic (exact) mass is 469 g/mol. The van der Waals surface area contributed by atoms with Gasteiger partial charge in [0.25, 0.3) is 0 Å². The molecule has 0 atom stereocenters. The topological polar surface area (TPSA) is 70.9 Å². The van der Waals surface area contributed by atoms with Crippen molar-refractivity contribution in [2.45, 2.75) is 20.0 Å². The highest BCUT2D eigenvalue weighted by Crippen LogP contribution is 2.35. The lowest BCUT2D eigenvalue weighted by molar-refractivity contribution is 0.282. The highest BCUT2D eigenvalue weighted by molar-refractivity contribution is 6.30. The zero-order valence-electron chi connectivity index (χ0n) is 19.1. The van der Waals surface area contributed by atoms with E-state index in [1.807, 2.05) is 67.6 Å². The van der Waals surface area contributed by atoms with Gasteiger partial charge in [0.1, 0.15) is 18.5 Å². The molecule has 1 N–H and O–H groups in total. The summed E-state index contributed by atoms with van der Waals surface area (Å²) in [5, 5.41) is 10.5. The summed E-state index contributed by atoms with van der Waals surface area (Å²) in [6.07, 6.45) is 4.19. The number of ether oxygens (including phenoxy) is 2. The van der Waals surface area contributed by atoms with Gasteiger partial charge in [-0.1, -0.05) is 35.9 Å². The maximum Gasteiger partial charge on any atom is 0.165 e. The third-order valence-electron chi connectivity index (χ3n) is 5.36. The molecule has 6 heteroatoms. The average Bonchev–Trinajstić information content (AvgIpc) is 3.25. The summed E-state index contributed by atoms with van der Waals surface area (Å²) in [6, 6.07) is 19.6. The van der Waals surface area contributed by atoms with Gasteiger partial charge in [-0.15, -0.1) is 6.58 Å². The molecular weight excluding hydrogens is 446 g/mol. The Kier molecular flexibility index (Phi) is 7.01. The number of nitriles is 1. The Hall–Kier alpha value is -4.01. The largest absolute Gasteiger partial charge is 0.493 e. The zero-order valence-corrected chi connectivity index (χ0v) is 19.8. The molecule has 0 bridgehead atoms. The van der Waals surface area contributed by atoms with E-state index in [1.165, 1.54) is 0 Å². The number of aromatic nitrogens is 2. The Morgan fingerprint density at radius 2 is 1.97 bits per heavy atom. The van der Waals surface area contributed by atoms with Gasteiger partial charge in [0.2, 0.25) is 0 Å². The highest BCUT2D eigenvalue weighted by Gasteiger charge is 2.14. The third-order valence-corrected chi connectivity index (χ3v) is 5.61. The number of allylic oxidation sites excluding steroid dienone is 2. The first kappa shape index (κ1) is 23.2. The van der Waals surface area contributed by atoms with Crippen molar-refractivity contribution in [3.05, 3.63) is 100 Å². The van der Waals surface area contributed by atoms with E-state index < -0.39 is 0 Å². The lowest BCUT2D eigenvalue weighted by Gasteiger charge is -2.16. The molecule has 0 saturated heterocycles. The third kappa shape index (κ3) is 5.14. The lowest BCUT2D eigenvalue weighted by Crippen LogP contribution is -2.02. The fourth-order valence-corrected chi connectivity index (χ4v) is 3.82. The van der Waals surface area contributed by atoms with Crippen LogP contribution in [0.5, 0.6) is 11.5 Å². The minimum absolute atomic E-state index is 0.370. The smallest absolute Gasteiger partial charge is 0.165 e. The number of H-pyrrole nitrogens is 1. The van der Waals surface area contributed by atoms with Gasteiger partial charge < -0.3 is 14.5 Å². The molecule has 5 nitrogen and oxygen atoms in total. The molecule has 34 heavy (non-hydrogen) atoms. The molecule has 0 fully saturated rings. The number of nitrogens with zero attached hydrogens (tertiary/aromatic N) is 2. The normalized spacial score (nSPS) is 11.3. The van der Waals surface area contributed by atoms with Crippen molar-refractivity contribution in [1.29, 1.82) is 5.26 Å². The number of rotatable bonds is 8. The molecule has 0 aliphatic heterocycles. The molecule has 170 valence electrons. The Morgan fingerprint density at radius 1 is 1.18 bits per heavy atom. The van der Waals surface area contributed by atoms with Crippen molar-refractivity contribution >= 4 is 34.3 Å². The molecule has 0 aliphatic carbocycles. The summed E-state index contributed by atoms with van der Waals surface area (Å²) in [4.78, 5) is 7.83. The Balaban J connectivity index is 1.69. The van der Waals surface area contributed by atoms with Gasteiger partial charge in [0, 0.05) is 10.6 Å². The fourth-order valence-electron chi connectivity index (χ4n) is 3.70. The quantitative estimate of drug-likeness (QED) is 0.225. The molecule has 0 radical (unpaired) electrons. The van der Waals surface area contributed by atoms with Crippen LogP contribution in [0.3, 0.4) is 0 Å². The second kappa shape index (κ2) is 10.3. The van der Waals surface area contributed by atoms with E-state index in [0.717, 1.165) is 33.3 Å². The van der Waals surface area contributed by atoms with Gasteiger partial charge >= 0.3 is 0 Å². The number of nitrogens with one attached hydrogen (secondary N) is 1. The molecule has 1 heterocycles. The van der Waals surface area contributed by atoms with E-state index in [1.54, 1.807) is 13.2 Å². The molecule has 0 unspecified atom stereocenters. The van der Waals surface area contributed by atoms with Gasteiger partial charge in [0.05, 0.1) is 23.7 Å². The number of halogens is 1. The molecule has 3 aromatic carbocycles. The van der Waals surface area contributed by atoms with Crippen molar-refractivity contribution in [3.8, 4) is 17.6 Å². The van der Waals surface area contributed by atoms with E-state index in [0.29, 0.717) is 40.9 Å². The van der Waals surface area contributed by atoms with E-state index in [2.05, 4.69) is 22.6 Å². The number of hydrogen-bond donors (Lipinski definition) is 1. The van der Waals surface area contributed by atoms with E-state index in [4.69, 9.17) is 21.1 Å². The van der Waals surface area contributed by atoms with Crippen molar-refractivity contribution < 1.29 is 9.47 Å². The SMILES string of the molecule is C=CCc1cc(C=C(C#N)c2nc3ccc(C)cc3[nH]2)cc(OC)c1OCc1ccc(Cl)cc1. The minimum atomic E-state index is 0.370. The van der Waals surface area contributed by atoms with Crippen LogP contribution in [0.15, 0.2) is 67.3 Å². The molecule has 0 aliphatic rings. The molecule has 1 aromatic heterocycles. The number of aromatic amines is 1. The van der Waals surface area contributed by atoms with Crippen LogP contribution in [0, 0.1) is 18.3 Å². The van der Waals surface area contributed by atoms with Crippen LogP contribution in [0.1, 0.15) is 28.1 Å². The van der Waals surface area contributed by atoms with Crippen LogP contribution in [0.4, 0.5) is 0 Å². The summed E-state index contributed by atoms with van der Waals surface area (Å²) < 4.78 is 11.8. The minimum Gasteiger partial charge on any atom is -0.493 e. The predicted octanol–water partition coefficient (Wildman–Crippen LogP) is 6.91. The number of methoxy groups -OCH3 is 1. The van der Waals surface area contributed by atoms with Crippen molar-refractivity contribution in [2.75, 3.05) is 7.11 Å². The fraction of sp³-hybridized carbons (Fsp3) is 0.143. The first-order valence-corrected chi connectivity index (χ1v) is 11.2. The first-order valence-electron chi connectivity index (χ1n) is 10.8. The molecule has 0 amide bonds. The summed E-state index contributed by atoms with van der Waals surface area (Å²) in [6.45, 7) is 6.26. The number of fused-ring (bicyclic) bond motifs is 1. The number of imidazole rings is 1. The van der Waals surface area contributed by atoms with Gasteiger partial charge in [-0.05, 0) is 72.5 Å². The highest BCUT2D eigenvalue weighted by atomic mass is 35.5. The second-order valence-corrected chi connectivity index (χ2v) is 8.33. The average molecular weight is 470 g/mol. The van der Waals surface area contributed by atoms with Gasteiger partial charge in [0.15, 0.2) is 11.5 Å². The van der Waals surface area contributed by atoms with Crippen LogP contribution < -0.4 is 9.47 Å². The first-order chi connectivity index (χ1) is 16.5. The van der Waals surface area contributed by atoms with E-state index in [9.17, 15) is 5.26 Å². The van der Waals surface area contributed by atoms with Gasteiger partial charge in [-0.2, -0.15) is 5.26 Å². The maximum atomic E-state index is 9.84. The standard InChI is InChI=1S/C28H24ClN3O2/c1-4-5-21-13-20(14-22(16-30)28-31-24-11-6-18(2)12-25(24)32-28)15-26(33-3)27(21)34-17-19-7-9-23(29)10-8-19/h4,6-15H,1,5,17H2,2-3H3,(H,31,32). The predicted molar refractivity (Wildman–Crippen MR) is 137 cm³/mol. The van der Waals surface area contributed by atoms with Crippen LogP contribution in [-0.2, 0) is 13.0 Å². The second-order valence-electron chi connectivity index (χ2n) is 7.90. The van der Waals surface area contributed by atoms with Gasteiger partial charge in [-0.25, -0.2) is 4.98 Å². The van der Waals surface area contributed by atoms with Crippen LogP contribution in [-0.4, -0.2) is 17.1 Å². The summed E-state index contributed by atoms with van der Waals surface area (Å²) in [5.74, 6) is 1.75. The molecule has 4 aromatic rings. The number of hydrogen-bond acceptors (Lipinski definition) is 4. The van der Waals surface area contributed by atoms with Crippen molar-refractivity contribution in [1.82, 2.24) is 9.97 Å². The number of aryl methyl sites for hydroxylation is 1. The summed E-state index contributed by atoms with van der Waals surface area (Å²) >= 11 is 5.98. The Bertz CT molecular complexity index is 1410. The van der Waals surface area contributed by atoms with E-state index >= 15 is 0 Å². The molecule has 0 spiro atoms. The van der Waals surface area contributed by atoms with E-state index in [-0.39, 0.29) is 0 Å². The van der Waals surface area contributed by atoms with Gasteiger partial charge in [-0.3, -0.25) is 0 Å². The maximum absolute atomic E-state index is 9.84. The van der Waals surface area contributed by atoms with Crippen molar-refractivity contribution in [3.63, 3.8) is 0 Å². The summed E-state index contributed by atoms with van der Waals surface area (Å²) in [5.41, 5.74) is 5.97.